The summed E-state index contributed by atoms with van der Waals surface area (Å²) in [5.74, 6) is 1.95. The number of nitrogens with two attached hydrogens (primary N) is 2. The highest BCUT2D eigenvalue weighted by Crippen LogP contribution is 1.74. The Labute approximate surface area is 66.3 Å². The van der Waals surface area contributed by atoms with Crippen LogP contribution in [0.1, 0.15) is 6.42 Å². The molecule has 0 spiro atoms. The Balaban J connectivity index is 3.26. The Kier molecular flexibility index (Phi) is 5.17. The van der Waals surface area contributed by atoms with E-state index in [-0.39, 0.29) is 0 Å². The van der Waals surface area contributed by atoms with Crippen molar-refractivity contribution in [1.29, 1.82) is 0 Å². The summed E-state index contributed by atoms with van der Waals surface area (Å²) in [6.45, 7) is 1.05. The number of carbonyl (C=O) groups excluding carboxylic acids is 1. The minimum Gasteiger partial charge on any atom is -0.368 e. The van der Waals surface area contributed by atoms with Gasteiger partial charge in [-0.25, -0.2) is 0 Å². The predicted molar refractivity (Wildman–Crippen MR) is 43.5 cm³/mol. The van der Waals surface area contributed by atoms with Crippen LogP contribution in [0, 0.1) is 12.3 Å². The van der Waals surface area contributed by atoms with Crippen LogP contribution < -0.4 is 16.8 Å². The average molecular weight is 155 g/mol. The van der Waals surface area contributed by atoms with Crippen molar-refractivity contribution < 1.29 is 4.79 Å². The summed E-state index contributed by atoms with van der Waals surface area (Å²) in [7, 11) is 0. The molecule has 0 bridgehead atoms. The van der Waals surface area contributed by atoms with Crippen molar-refractivity contribution in [3.63, 3.8) is 0 Å². The van der Waals surface area contributed by atoms with E-state index in [1.807, 2.05) is 0 Å². The standard InChI is InChI=1S/C7H13N3O/c1-2-3-4-10-5-6(8)7(9)11/h1,6,10H,3-5,8H2,(H2,9,11). The first-order chi connectivity index (χ1) is 5.18. The largest absolute Gasteiger partial charge is 0.368 e. The number of terminal acetylenes is 1. The fraction of sp³-hybridized carbons (Fsp3) is 0.571. The van der Waals surface area contributed by atoms with E-state index in [0.717, 1.165) is 0 Å². The van der Waals surface area contributed by atoms with Gasteiger partial charge in [0.25, 0.3) is 0 Å². The Morgan fingerprint density at radius 2 is 2.36 bits per heavy atom. The summed E-state index contributed by atoms with van der Waals surface area (Å²) >= 11 is 0. The molecule has 5 N–H and O–H groups in total. The van der Waals surface area contributed by atoms with E-state index in [9.17, 15) is 4.79 Å². The van der Waals surface area contributed by atoms with Gasteiger partial charge in [-0.15, -0.1) is 12.3 Å². The molecule has 0 fully saturated rings. The first kappa shape index (κ1) is 9.95. The lowest BCUT2D eigenvalue weighted by molar-refractivity contribution is -0.119. The van der Waals surface area contributed by atoms with Gasteiger partial charge in [0.1, 0.15) is 0 Å². The maximum Gasteiger partial charge on any atom is 0.235 e. The number of nitrogens with one attached hydrogen (secondary N) is 1. The van der Waals surface area contributed by atoms with E-state index in [0.29, 0.717) is 19.5 Å². The van der Waals surface area contributed by atoms with Gasteiger partial charge in [0.2, 0.25) is 5.91 Å². The number of rotatable bonds is 5. The van der Waals surface area contributed by atoms with Gasteiger partial charge in [0, 0.05) is 19.5 Å². The molecule has 0 aliphatic heterocycles. The molecule has 0 saturated carbocycles. The number of hydrogen-bond acceptors (Lipinski definition) is 3. The van der Waals surface area contributed by atoms with Crippen LogP contribution in [0.25, 0.3) is 0 Å². The van der Waals surface area contributed by atoms with Gasteiger partial charge in [-0.05, 0) is 0 Å². The van der Waals surface area contributed by atoms with E-state index in [2.05, 4.69) is 11.2 Å². The quantitative estimate of drug-likeness (QED) is 0.331. The van der Waals surface area contributed by atoms with Gasteiger partial charge in [0.15, 0.2) is 0 Å². The minimum atomic E-state index is -0.618. The molecular formula is C7H13N3O. The molecule has 0 aliphatic carbocycles. The van der Waals surface area contributed by atoms with Gasteiger partial charge in [-0.1, -0.05) is 0 Å². The van der Waals surface area contributed by atoms with Crippen molar-refractivity contribution in [3.05, 3.63) is 0 Å². The lowest BCUT2D eigenvalue weighted by atomic mass is 10.3. The Morgan fingerprint density at radius 3 is 2.82 bits per heavy atom. The summed E-state index contributed by atoms with van der Waals surface area (Å²) < 4.78 is 0. The minimum absolute atomic E-state index is 0.386. The molecule has 0 rings (SSSR count). The fourth-order valence-corrected chi connectivity index (χ4v) is 0.519. The molecule has 1 amide bonds. The highest BCUT2D eigenvalue weighted by molar-refractivity contribution is 5.79. The van der Waals surface area contributed by atoms with Gasteiger partial charge < -0.3 is 16.8 Å². The molecule has 4 heteroatoms. The third-order valence-electron chi connectivity index (χ3n) is 1.18. The van der Waals surface area contributed by atoms with Gasteiger partial charge in [-0.3, -0.25) is 4.79 Å². The van der Waals surface area contributed by atoms with Crippen LogP contribution in [0.2, 0.25) is 0 Å². The van der Waals surface area contributed by atoms with Gasteiger partial charge in [-0.2, -0.15) is 0 Å². The monoisotopic (exact) mass is 155 g/mol. The van der Waals surface area contributed by atoms with E-state index >= 15 is 0 Å². The molecule has 0 aromatic carbocycles. The summed E-state index contributed by atoms with van der Waals surface area (Å²) in [5.41, 5.74) is 10.2. The second-order valence-electron chi connectivity index (χ2n) is 2.17. The molecular weight excluding hydrogens is 142 g/mol. The van der Waals surface area contributed by atoms with Crippen molar-refractivity contribution in [2.24, 2.45) is 11.5 Å². The zero-order valence-electron chi connectivity index (χ0n) is 6.34. The molecule has 0 aromatic heterocycles. The summed E-state index contributed by atoms with van der Waals surface area (Å²) in [4.78, 5) is 10.4. The summed E-state index contributed by atoms with van der Waals surface area (Å²) in [6, 6.07) is -0.618. The van der Waals surface area contributed by atoms with Gasteiger partial charge >= 0.3 is 0 Å². The number of hydrogen-bond donors (Lipinski definition) is 3. The Bertz CT molecular complexity index is 162. The number of amides is 1. The lowest BCUT2D eigenvalue weighted by Gasteiger charge is -2.06. The normalized spacial score (nSPS) is 12.0. The molecule has 1 unspecified atom stereocenters. The molecule has 1 atom stereocenters. The molecule has 62 valence electrons. The van der Waals surface area contributed by atoms with Crippen LogP contribution in [0.4, 0.5) is 0 Å². The molecule has 0 aliphatic rings. The van der Waals surface area contributed by atoms with Crippen LogP contribution in [0.15, 0.2) is 0 Å². The maximum absolute atomic E-state index is 10.4. The van der Waals surface area contributed by atoms with Crippen molar-refractivity contribution >= 4 is 5.91 Å². The van der Waals surface area contributed by atoms with Crippen LogP contribution in [-0.2, 0) is 4.79 Å². The van der Waals surface area contributed by atoms with Crippen molar-refractivity contribution in [2.45, 2.75) is 12.5 Å². The number of primary amides is 1. The van der Waals surface area contributed by atoms with E-state index in [4.69, 9.17) is 17.9 Å². The summed E-state index contributed by atoms with van der Waals surface area (Å²) in [5, 5.41) is 2.90. The van der Waals surface area contributed by atoms with Crippen LogP contribution >= 0.6 is 0 Å². The predicted octanol–water partition coefficient (Wildman–Crippen LogP) is -1.59. The van der Waals surface area contributed by atoms with Gasteiger partial charge in [0.05, 0.1) is 6.04 Å². The topological polar surface area (TPSA) is 81.1 Å². The molecule has 0 radical (unpaired) electrons. The molecule has 11 heavy (non-hydrogen) atoms. The zero-order chi connectivity index (χ0) is 8.69. The highest BCUT2D eigenvalue weighted by atomic mass is 16.1. The fourth-order valence-electron chi connectivity index (χ4n) is 0.519. The third kappa shape index (κ3) is 5.40. The SMILES string of the molecule is C#CCCNCC(N)C(N)=O. The number of carbonyl (C=O) groups is 1. The maximum atomic E-state index is 10.4. The smallest absolute Gasteiger partial charge is 0.235 e. The zero-order valence-corrected chi connectivity index (χ0v) is 6.34. The van der Waals surface area contributed by atoms with Crippen LogP contribution in [-0.4, -0.2) is 25.0 Å². The molecule has 0 saturated heterocycles. The first-order valence-electron chi connectivity index (χ1n) is 3.37. The van der Waals surface area contributed by atoms with Crippen LogP contribution in [0.5, 0.6) is 0 Å². The Hall–Kier alpha value is -1.05. The molecule has 0 aromatic rings. The Morgan fingerprint density at radius 1 is 1.73 bits per heavy atom. The van der Waals surface area contributed by atoms with Crippen molar-refractivity contribution in [1.82, 2.24) is 5.32 Å². The molecule has 0 heterocycles. The van der Waals surface area contributed by atoms with E-state index in [1.165, 1.54) is 0 Å². The third-order valence-corrected chi connectivity index (χ3v) is 1.18. The molecule has 4 nitrogen and oxygen atoms in total. The summed E-state index contributed by atoms with van der Waals surface area (Å²) in [6.07, 6.45) is 5.62. The van der Waals surface area contributed by atoms with Crippen molar-refractivity contribution in [2.75, 3.05) is 13.1 Å². The highest BCUT2D eigenvalue weighted by Gasteiger charge is 2.06. The van der Waals surface area contributed by atoms with E-state index in [1.54, 1.807) is 0 Å². The second kappa shape index (κ2) is 5.71. The lowest BCUT2D eigenvalue weighted by Crippen LogP contribution is -2.44. The first-order valence-corrected chi connectivity index (χ1v) is 3.37. The van der Waals surface area contributed by atoms with Crippen molar-refractivity contribution in [3.8, 4) is 12.3 Å². The average Bonchev–Trinajstić information content (AvgIpc) is 1.97. The van der Waals surface area contributed by atoms with E-state index < -0.39 is 11.9 Å². The second-order valence-corrected chi connectivity index (χ2v) is 2.17. The van der Waals surface area contributed by atoms with Crippen LogP contribution in [0.3, 0.4) is 0 Å².